The number of carbonyl (C=O) groups is 2. The lowest BCUT2D eigenvalue weighted by molar-refractivity contribution is 0.0734. The molecule has 3 rings (SSSR count). The monoisotopic (exact) mass is 360 g/mol. The van der Waals surface area contributed by atoms with Crippen LogP contribution in [0.3, 0.4) is 0 Å². The van der Waals surface area contributed by atoms with Gasteiger partial charge in [0.05, 0.1) is 12.7 Å². The molecule has 0 aliphatic heterocycles. The number of methoxy groups -OCH3 is 1. The smallest absolute Gasteiger partial charge is 0.343 e. The Morgan fingerprint density at radius 1 is 0.741 bits per heavy atom. The predicted molar refractivity (Wildman–Crippen MR) is 105 cm³/mol. The number of ketones is 1. The molecule has 0 bridgehead atoms. The molecule has 0 atom stereocenters. The van der Waals surface area contributed by atoms with Crippen molar-refractivity contribution in [3.8, 4) is 22.6 Å². The summed E-state index contributed by atoms with van der Waals surface area (Å²) >= 11 is 0. The number of hydrogen-bond acceptors (Lipinski definition) is 4. The van der Waals surface area contributed by atoms with E-state index < -0.39 is 5.97 Å². The summed E-state index contributed by atoms with van der Waals surface area (Å²) < 4.78 is 10.6. The molecule has 0 N–H and O–H groups in total. The van der Waals surface area contributed by atoms with Crippen LogP contribution in [0.25, 0.3) is 11.1 Å². The summed E-state index contributed by atoms with van der Waals surface area (Å²) in [7, 11) is 1.63. The van der Waals surface area contributed by atoms with E-state index in [0.29, 0.717) is 16.9 Å². The molecule has 4 nitrogen and oxygen atoms in total. The van der Waals surface area contributed by atoms with Gasteiger partial charge in [-0.05, 0) is 73.0 Å². The molecule has 3 aromatic carbocycles. The summed E-state index contributed by atoms with van der Waals surface area (Å²) in [5, 5.41) is 0. The van der Waals surface area contributed by atoms with Crippen LogP contribution in [0.5, 0.6) is 11.5 Å². The maximum Gasteiger partial charge on any atom is 0.343 e. The van der Waals surface area contributed by atoms with E-state index in [-0.39, 0.29) is 5.78 Å². The molecule has 27 heavy (non-hydrogen) atoms. The van der Waals surface area contributed by atoms with Crippen molar-refractivity contribution in [2.45, 2.75) is 13.8 Å². The van der Waals surface area contributed by atoms with Gasteiger partial charge in [-0.3, -0.25) is 4.79 Å². The van der Waals surface area contributed by atoms with Crippen LogP contribution in [-0.4, -0.2) is 18.9 Å². The summed E-state index contributed by atoms with van der Waals surface area (Å²) in [5.74, 6) is 0.672. The minimum Gasteiger partial charge on any atom is -0.497 e. The van der Waals surface area contributed by atoms with Crippen molar-refractivity contribution >= 4 is 11.8 Å². The molecule has 0 aliphatic carbocycles. The van der Waals surface area contributed by atoms with Crippen LogP contribution in [0.2, 0.25) is 0 Å². The highest BCUT2D eigenvalue weighted by molar-refractivity contribution is 5.98. The van der Waals surface area contributed by atoms with Crippen molar-refractivity contribution in [3.63, 3.8) is 0 Å². The van der Waals surface area contributed by atoms with E-state index in [4.69, 9.17) is 9.47 Å². The summed E-state index contributed by atoms with van der Waals surface area (Å²) in [6.45, 7) is 3.31. The number of hydrogen-bond donors (Lipinski definition) is 0. The molecule has 0 radical (unpaired) electrons. The Bertz CT molecular complexity index is 970. The van der Waals surface area contributed by atoms with E-state index in [1.54, 1.807) is 37.4 Å². The fourth-order valence-corrected chi connectivity index (χ4v) is 2.77. The van der Waals surface area contributed by atoms with E-state index in [1.165, 1.54) is 6.92 Å². The van der Waals surface area contributed by atoms with E-state index >= 15 is 0 Å². The van der Waals surface area contributed by atoms with Crippen molar-refractivity contribution < 1.29 is 19.1 Å². The summed E-state index contributed by atoms with van der Waals surface area (Å²) in [4.78, 5) is 24.0. The lowest BCUT2D eigenvalue weighted by Gasteiger charge is -2.08. The largest absolute Gasteiger partial charge is 0.497 e. The average molecular weight is 360 g/mol. The second-order valence-corrected chi connectivity index (χ2v) is 6.29. The van der Waals surface area contributed by atoms with Gasteiger partial charge in [-0.2, -0.15) is 0 Å². The van der Waals surface area contributed by atoms with Gasteiger partial charge in [0.1, 0.15) is 11.5 Å². The predicted octanol–water partition coefficient (Wildman–Crippen LogP) is 5.09. The topological polar surface area (TPSA) is 52.6 Å². The Morgan fingerprint density at radius 3 is 1.78 bits per heavy atom. The Labute approximate surface area is 158 Å². The number of Topliss-reactive ketones (excluding diaryl/α,β-unsaturated/α-hetero) is 1. The van der Waals surface area contributed by atoms with Crippen molar-refractivity contribution in [1.82, 2.24) is 0 Å². The quantitative estimate of drug-likeness (QED) is 0.361. The second kappa shape index (κ2) is 7.87. The van der Waals surface area contributed by atoms with E-state index in [9.17, 15) is 9.59 Å². The lowest BCUT2D eigenvalue weighted by atomic mass is 10.0. The molecule has 0 aliphatic rings. The first-order valence-electron chi connectivity index (χ1n) is 8.55. The number of aryl methyl sites for hydroxylation is 1. The number of benzene rings is 3. The molecule has 0 saturated heterocycles. The van der Waals surface area contributed by atoms with Crippen LogP contribution < -0.4 is 9.47 Å². The highest BCUT2D eigenvalue weighted by Gasteiger charge is 2.12. The maximum atomic E-state index is 12.4. The maximum absolute atomic E-state index is 12.4. The van der Waals surface area contributed by atoms with Crippen molar-refractivity contribution in [3.05, 3.63) is 83.4 Å². The van der Waals surface area contributed by atoms with Crippen molar-refractivity contribution in [2.24, 2.45) is 0 Å². The van der Waals surface area contributed by atoms with Crippen molar-refractivity contribution in [2.75, 3.05) is 7.11 Å². The minimum absolute atomic E-state index is 0.0865. The van der Waals surface area contributed by atoms with Gasteiger partial charge in [0.15, 0.2) is 5.78 Å². The minimum atomic E-state index is -0.488. The summed E-state index contributed by atoms with van der Waals surface area (Å²) in [6, 6.07) is 20.0. The van der Waals surface area contributed by atoms with Gasteiger partial charge in [0, 0.05) is 5.56 Å². The van der Waals surface area contributed by atoms with E-state index in [0.717, 1.165) is 22.4 Å². The Kier molecular flexibility index (Phi) is 5.36. The van der Waals surface area contributed by atoms with Crippen LogP contribution in [-0.2, 0) is 0 Å². The second-order valence-electron chi connectivity index (χ2n) is 6.29. The fraction of sp³-hybridized carbons (Fsp3) is 0.130. The zero-order chi connectivity index (χ0) is 19.4. The molecule has 0 aromatic heterocycles. The summed E-state index contributed by atoms with van der Waals surface area (Å²) in [5.41, 5.74) is 3.74. The summed E-state index contributed by atoms with van der Waals surface area (Å²) in [6.07, 6.45) is 0. The van der Waals surface area contributed by atoms with Gasteiger partial charge in [-0.15, -0.1) is 0 Å². The van der Waals surface area contributed by atoms with Crippen LogP contribution in [0.1, 0.15) is 33.2 Å². The molecule has 0 unspecified atom stereocenters. The molecule has 0 fully saturated rings. The third-order valence-corrected chi connectivity index (χ3v) is 4.21. The average Bonchev–Trinajstić information content (AvgIpc) is 2.68. The fourth-order valence-electron chi connectivity index (χ4n) is 2.77. The Balaban J connectivity index is 1.76. The molecule has 0 amide bonds. The van der Waals surface area contributed by atoms with Gasteiger partial charge in [-0.1, -0.05) is 24.3 Å². The van der Waals surface area contributed by atoms with E-state index in [2.05, 4.69) is 0 Å². The zero-order valence-corrected chi connectivity index (χ0v) is 15.5. The van der Waals surface area contributed by atoms with Gasteiger partial charge in [-0.25, -0.2) is 4.79 Å². The highest BCUT2D eigenvalue weighted by atomic mass is 16.5. The third kappa shape index (κ3) is 4.42. The van der Waals surface area contributed by atoms with Gasteiger partial charge >= 0.3 is 5.97 Å². The normalized spacial score (nSPS) is 10.3. The standard InChI is InChI=1S/C23H20O4/c1-15-12-19(16(2)24)14-20(13-15)23(25)27-22-10-6-18(7-11-22)17-4-8-21(26-3)9-5-17/h4-14H,1-3H3. The molecule has 3 aromatic rings. The van der Waals surface area contributed by atoms with Crippen LogP contribution >= 0.6 is 0 Å². The highest BCUT2D eigenvalue weighted by Crippen LogP contribution is 2.25. The van der Waals surface area contributed by atoms with Crippen LogP contribution in [0.4, 0.5) is 0 Å². The number of rotatable bonds is 5. The molecular weight excluding hydrogens is 340 g/mol. The van der Waals surface area contributed by atoms with Crippen molar-refractivity contribution in [1.29, 1.82) is 0 Å². The molecule has 0 saturated carbocycles. The number of ether oxygens (including phenoxy) is 2. The number of esters is 1. The molecule has 4 heteroatoms. The molecule has 136 valence electrons. The van der Waals surface area contributed by atoms with Crippen LogP contribution in [0, 0.1) is 6.92 Å². The van der Waals surface area contributed by atoms with Gasteiger partial charge in [0.25, 0.3) is 0 Å². The first-order valence-corrected chi connectivity index (χ1v) is 8.55. The SMILES string of the molecule is COc1ccc(-c2ccc(OC(=O)c3cc(C)cc(C(C)=O)c3)cc2)cc1. The zero-order valence-electron chi connectivity index (χ0n) is 15.5. The van der Waals surface area contributed by atoms with E-state index in [1.807, 2.05) is 43.3 Å². The molecule has 0 heterocycles. The Morgan fingerprint density at radius 2 is 1.26 bits per heavy atom. The molecular formula is C23H20O4. The lowest BCUT2D eigenvalue weighted by Crippen LogP contribution is -2.10. The van der Waals surface area contributed by atoms with Gasteiger partial charge < -0.3 is 9.47 Å². The number of carbonyl (C=O) groups excluding carboxylic acids is 2. The third-order valence-electron chi connectivity index (χ3n) is 4.21. The Hall–Kier alpha value is -3.40. The first kappa shape index (κ1) is 18.4. The first-order chi connectivity index (χ1) is 13.0. The molecule has 0 spiro atoms. The van der Waals surface area contributed by atoms with Gasteiger partial charge in [0.2, 0.25) is 0 Å². The van der Waals surface area contributed by atoms with Crippen LogP contribution in [0.15, 0.2) is 66.7 Å².